The average Bonchev–Trinajstić information content (AvgIpc) is 3.37. The summed E-state index contributed by atoms with van der Waals surface area (Å²) in [6, 6.07) is -1.99. The molecule has 1 N–H and O–H groups in total. The van der Waals surface area contributed by atoms with Gasteiger partial charge in [-0.25, -0.2) is 0 Å². The molecule has 18 nitrogen and oxygen atoms in total. The summed E-state index contributed by atoms with van der Waals surface area (Å²) in [5.74, 6) is -5.43. The van der Waals surface area contributed by atoms with Crippen molar-refractivity contribution >= 4 is 47.7 Å². The predicted molar refractivity (Wildman–Crippen MR) is 142 cm³/mol. The zero-order chi connectivity index (χ0) is 33.8. The third kappa shape index (κ3) is 8.24. The van der Waals surface area contributed by atoms with Crippen LogP contribution in [-0.2, 0) is 71.5 Å². The summed E-state index contributed by atoms with van der Waals surface area (Å²) in [5, 5.41) is 11.9. The fraction of sp³-hybridized carbons (Fsp3) is 0.704. The molecule has 0 unspecified atom stereocenters. The van der Waals surface area contributed by atoms with Gasteiger partial charge in [0.15, 0.2) is 36.2 Å². The maximum Gasteiger partial charge on any atom is 0.303 e. The topological polar surface area (TPSA) is 229 Å². The van der Waals surface area contributed by atoms with Crippen LogP contribution in [0.2, 0.25) is 0 Å². The summed E-state index contributed by atoms with van der Waals surface area (Å²) >= 11 is 0. The number of aliphatic imine (C=N–C) groups is 1. The van der Waals surface area contributed by atoms with Crippen LogP contribution < -0.4 is 0 Å². The second-order valence-corrected chi connectivity index (χ2v) is 10.6. The van der Waals surface area contributed by atoms with Gasteiger partial charge >= 0.3 is 35.8 Å². The normalized spacial score (nSPS) is 32.9. The highest BCUT2D eigenvalue weighted by molar-refractivity contribution is 5.96. The van der Waals surface area contributed by atoms with Crippen molar-refractivity contribution in [2.45, 2.75) is 109 Å². The lowest BCUT2D eigenvalue weighted by Crippen LogP contribution is -2.60. The molecule has 0 aromatic rings. The Hall–Kier alpha value is -4.32. The maximum absolute atomic E-state index is 13.1. The Bertz CT molecular complexity index is 1250. The van der Waals surface area contributed by atoms with Gasteiger partial charge in [-0.1, -0.05) is 0 Å². The van der Waals surface area contributed by atoms with Crippen LogP contribution in [-0.4, -0.2) is 125 Å². The summed E-state index contributed by atoms with van der Waals surface area (Å²) < 4.78 is 43.4. The maximum atomic E-state index is 13.1. The molecule has 2 heterocycles. The van der Waals surface area contributed by atoms with Crippen molar-refractivity contribution in [1.82, 2.24) is 4.90 Å². The number of aliphatic hydroxyl groups is 1. The molecule has 0 radical (unpaired) electrons. The monoisotopic (exact) mass is 644 g/mol. The molecule has 0 aromatic heterocycles. The van der Waals surface area contributed by atoms with E-state index in [4.69, 9.17) is 37.9 Å². The first-order chi connectivity index (χ1) is 20.9. The lowest BCUT2D eigenvalue weighted by molar-refractivity contribution is -0.209. The van der Waals surface area contributed by atoms with Crippen molar-refractivity contribution in [2.75, 3.05) is 13.2 Å². The molecule has 3 aliphatic rings. The van der Waals surface area contributed by atoms with Crippen LogP contribution in [0.4, 0.5) is 0 Å². The number of carbonyl (C=O) groups is 7. The Morgan fingerprint density at radius 1 is 0.800 bits per heavy atom. The Morgan fingerprint density at radius 3 is 1.87 bits per heavy atom. The van der Waals surface area contributed by atoms with Crippen molar-refractivity contribution in [3.05, 3.63) is 0 Å². The molecular formula is C27H36N2O16. The van der Waals surface area contributed by atoms with E-state index >= 15 is 0 Å². The van der Waals surface area contributed by atoms with Gasteiger partial charge in [0.25, 0.3) is 6.02 Å². The molecule has 9 atom stereocenters. The summed E-state index contributed by atoms with van der Waals surface area (Å²) in [6.45, 7) is 6.46. The van der Waals surface area contributed by atoms with Crippen molar-refractivity contribution in [2.24, 2.45) is 4.99 Å². The molecule has 0 bridgehead atoms. The Kier molecular flexibility index (Phi) is 11.1. The molecule has 2 aliphatic heterocycles. The van der Waals surface area contributed by atoms with Crippen molar-refractivity contribution in [3.8, 4) is 0 Å². The van der Waals surface area contributed by atoms with E-state index in [1.54, 1.807) is 0 Å². The minimum Gasteiger partial charge on any atom is -0.463 e. The number of nitrogens with zero attached hydrogens (tertiary/aromatic N) is 2. The number of hydrogen-bond acceptors (Lipinski definition) is 17. The van der Waals surface area contributed by atoms with Crippen molar-refractivity contribution in [3.63, 3.8) is 0 Å². The first-order valence-electron chi connectivity index (χ1n) is 13.8. The number of amidine groups is 1. The smallest absolute Gasteiger partial charge is 0.303 e. The standard InChI is InChI=1S/C27H36N2O16/c1-11(30)29-23-21(22(42-16(6)35)24(43-17(7)36)27(23,37)10-39-13(3)32)45-26(29)28-25-19(41-15(5)34)8-18(40-14(4)33)20(44-25)9-38-12(2)31/h18-25,37H,8-10H2,1-7H3/b28-26-/t18-,19+,20+,21+,22+,23+,24-,25-,27-/m0/s1. The summed E-state index contributed by atoms with van der Waals surface area (Å²) in [7, 11) is 0. The minimum absolute atomic E-state index is 0.166. The van der Waals surface area contributed by atoms with Crippen molar-refractivity contribution < 1.29 is 76.6 Å². The Balaban J connectivity index is 2.10. The molecular weight excluding hydrogens is 608 g/mol. The molecule has 0 spiro atoms. The molecule has 18 heteroatoms. The first-order valence-corrected chi connectivity index (χ1v) is 13.8. The highest BCUT2D eigenvalue weighted by atomic mass is 16.6. The third-order valence-electron chi connectivity index (χ3n) is 6.94. The molecule has 2 saturated heterocycles. The van der Waals surface area contributed by atoms with Gasteiger partial charge in [-0.15, -0.1) is 0 Å². The van der Waals surface area contributed by atoms with Gasteiger partial charge in [0.2, 0.25) is 5.91 Å². The van der Waals surface area contributed by atoms with Gasteiger partial charge in [-0.3, -0.25) is 38.5 Å². The largest absolute Gasteiger partial charge is 0.463 e. The molecule has 250 valence electrons. The number of rotatable bonds is 9. The molecule has 0 aromatic carbocycles. The van der Waals surface area contributed by atoms with Crippen LogP contribution in [0.25, 0.3) is 0 Å². The second-order valence-electron chi connectivity index (χ2n) is 10.6. The number of ether oxygens (including phenoxy) is 8. The highest BCUT2D eigenvalue weighted by Gasteiger charge is 2.71. The Labute approximate surface area is 257 Å². The zero-order valence-electron chi connectivity index (χ0n) is 25.7. The fourth-order valence-electron chi connectivity index (χ4n) is 5.44. The predicted octanol–water partition coefficient (Wildman–Crippen LogP) is -1.33. The van der Waals surface area contributed by atoms with Crippen LogP contribution in [0.15, 0.2) is 4.99 Å². The zero-order valence-corrected chi connectivity index (χ0v) is 25.7. The third-order valence-corrected chi connectivity index (χ3v) is 6.94. The number of amides is 1. The summed E-state index contributed by atoms with van der Waals surface area (Å²) in [6.07, 6.45) is -9.57. The van der Waals surface area contributed by atoms with E-state index in [0.29, 0.717) is 0 Å². The van der Waals surface area contributed by atoms with E-state index in [1.165, 1.54) is 0 Å². The SMILES string of the molecule is CC(=O)OC[C@H]1O[C@H](/N=C2\O[C@@H]3[C@@H](OC(C)=O)[C@H](OC(C)=O)[C@](O)(COC(C)=O)[C@@H]3N2C(C)=O)[C@H](OC(C)=O)C[C@@H]1OC(C)=O. The molecule has 3 rings (SSSR count). The van der Waals surface area contributed by atoms with Gasteiger partial charge in [0, 0.05) is 54.9 Å². The molecule has 3 fully saturated rings. The summed E-state index contributed by atoms with van der Waals surface area (Å²) in [5.41, 5.74) is -2.38. The molecule has 1 aliphatic carbocycles. The van der Waals surface area contributed by atoms with Gasteiger partial charge < -0.3 is 43.0 Å². The van der Waals surface area contributed by atoms with Gasteiger partial charge in [0.05, 0.1) is 0 Å². The Morgan fingerprint density at radius 2 is 1.36 bits per heavy atom. The van der Waals surface area contributed by atoms with Crippen LogP contribution in [0.3, 0.4) is 0 Å². The number of carbonyl (C=O) groups excluding carboxylic acids is 7. The van der Waals surface area contributed by atoms with Crippen LogP contribution in [0.5, 0.6) is 0 Å². The minimum atomic E-state index is -2.38. The average molecular weight is 645 g/mol. The number of hydrogen-bond donors (Lipinski definition) is 1. The number of fused-ring (bicyclic) bond motifs is 1. The van der Waals surface area contributed by atoms with Crippen LogP contribution in [0, 0.1) is 0 Å². The fourth-order valence-corrected chi connectivity index (χ4v) is 5.44. The summed E-state index contributed by atoms with van der Waals surface area (Å²) in [4.78, 5) is 89.4. The van der Waals surface area contributed by atoms with Crippen LogP contribution >= 0.6 is 0 Å². The van der Waals surface area contributed by atoms with E-state index in [-0.39, 0.29) is 13.0 Å². The van der Waals surface area contributed by atoms with Gasteiger partial charge in [-0.05, 0) is 0 Å². The molecule has 1 amide bonds. The highest BCUT2D eigenvalue weighted by Crippen LogP contribution is 2.45. The van der Waals surface area contributed by atoms with E-state index in [1.807, 2.05) is 0 Å². The molecule has 1 saturated carbocycles. The van der Waals surface area contributed by atoms with Gasteiger partial charge in [0.1, 0.15) is 31.5 Å². The van der Waals surface area contributed by atoms with E-state index in [2.05, 4.69) is 4.99 Å². The number of esters is 6. The van der Waals surface area contributed by atoms with E-state index in [0.717, 1.165) is 53.4 Å². The quantitative estimate of drug-likeness (QED) is 0.226. The lowest BCUT2D eigenvalue weighted by atomic mass is 9.94. The van der Waals surface area contributed by atoms with E-state index in [9.17, 15) is 38.7 Å². The van der Waals surface area contributed by atoms with Gasteiger partial charge in [-0.2, -0.15) is 4.99 Å². The lowest BCUT2D eigenvalue weighted by Gasteiger charge is -2.39. The van der Waals surface area contributed by atoms with Crippen LogP contribution in [0.1, 0.15) is 54.9 Å². The molecule has 45 heavy (non-hydrogen) atoms. The van der Waals surface area contributed by atoms with E-state index < -0.39 is 109 Å². The van der Waals surface area contributed by atoms with Crippen molar-refractivity contribution in [1.29, 1.82) is 0 Å². The first kappa shape index (κ1) is 35.2. The second kappa shape index (κ2) is 14.2.